The van der Waals surface area contributed by atoms with Gasteiger partial charge in [-0.25, -0.2) is 4.39 Å². The van der Waals surface area contributed by atoms with E-state index in [1.54, 1.807) is 6.07 Å². The summed E-state index contributed by atoms with van der Waals surface area (Å²) < 4.78 is 17.9. The molecule has 1 aromatic carbocycles. The van der Waals surface area contributed by atoms with E-state index in [1.807, 2.05) is 0 Å². The number of hydrogen-bond donors (Lipinski definition) is 0. The second-order valence-corrected chi connectivity index (χ2v) is 3.00. The zero-order chi connectivity index (χ0) is 10.4. The molecule has 74 valence electrons. The Labute approximate surface area is 87.8 Å². The van der Waals surface area contributed by atoms with E-state index in [2.05, 4.69) is 11.8 Å². The molecule has 0 aliphatic carbocycles. The minimum Gasteiger partial charge on any atom is -0.497 e. The summed E-state index contributed by atoms with van der Waals surface area (Å²) in [5.74, 6) is 6.24. The minimum absolute atomic E-state index is 0.348. The van der Waals surface area contributed by atoms with Crippen molar-refractivity contribution < 1.29 is 9.13 Å². The summed E-state index contributed by atoms with van der Waals surface area (Å²) >= 11 is 5.46. The van der Waals surface area contributed by atoms with Crippen molar-refractivity contribution in [1.29, 1.82) is 0 Å². The lowest BCUT2D eigenvalue weighted by Gasteiger charge is -1.99. The fourth-order valence-electron chi connectivity index (χ4n) is 0.965. The number of alkyl halides is 1. The zero-order valence-corrected chi connectivity index (χ0v) is 8.57. The van der Waals surface area contributed by atoms with E-state index in [0.29, 0.717) is 23.6 Å². The van der Waals surface area contributed by atoms with Crippen LogP contribution in [0.5, 0.6) is 5.75 Å². The molecule has 0 atom stereocenters. The van der Waals surface area contributed by atoms with Gasteiger partial charge in [-0.05, 0) is 12.1 Å². The fraction of sp³-hybridized carbons (Fsp3) is 0.273. The number of hydrogen-bond acceptors (Lipinski definition) is 1. The van der Waals surface area contributed by atoms with Gasteiger partial charge in [-0.3, -0.25) is 0 Å². The van der Waals surface area contributed by atoms with E-state index in [4.69, 9.17) is 16.3 Å². The topological polar surface area (TPSA) is 9.23 Å². The van der Waals surface area contributed by atoms with Crippen LogP contribution in [0.2, 0.25) is 0 Å². The number of halogens is 2. The highest BCUT2D eigenvalue weighted by Gasteiger charge is 1.97. The van der Waals surface area contributed by atoms with Crippen molar-refractivity contribution in [2.24, 2.45) is 0 Å². The number of benzene rings is 1. The van der Waals surface area contributed by atoms with Gasteiger partial charge < -0.3 is 4.74 Å². The molecule has 1 rings (SSSR count). The van der Waals surface area contributed by atoms with Crippen molar-refractivity contribution in [1.82, 2.24) is 0 Å². The molecule has 0 heterocycles. The predicted octanol–water partition coefficient (Wildman–Crippen LogP) is 2.81. The van der Waals surface area contributed by atoms with Crippen molar-refractivity contribution in [3.8, 4) is 17.6 Å². The molecule has 0 saturated carbocycles. The van der Waals surface area contributed by atoms with Gasteiger partial charge in [0, 0.05) is 23.9 Å². The van der Waals surface area contributed by atoms with Crippen LogP contribution in [-0.2, 0) is 0 Å². The summed E-state index contributed by atoms with van der Waals surface area (Å²) in [6.45, 7) is 0. The van der Waals surface area contributed by atoms with Gasteiger partial charge in [0.1, 0.15) is 11.6 Å². The maximum Gasteiger partial charge on any atom is 0.128 e. The van der Waals surface area contributed by atoms with E-state index in [0.717, 1.165) is 0 Å². The molecule has 1 nitrogen and oxygen atoms in total. The molecule has 3 heteroatoms. The van der Waals surface area contributed by atoms with Gasteiger partial charge in [0.05, 0.1) is 7.11 Å². The Kier molecular flexibility index (Phi) is 4.28. The SMILES string of the molecule is COc1cc(F)cc(C#CCCCl)c1. The highest BCUT2D eigenvalue weighted by molar-refractivity contribution is 6.18. The molecule has 0 amide bonds. The van der Waals surface area contributed by atoms with Crippen molar-refractivity contribution >= 4 is 11.6 Å². The first-order valence-corrected chi connectivity index (χ1v) is 4.69. The molecule has 0 fully saturated rings. The van der Waals surface area contributed by atoms with Crippen LogP contribution in [0, 0.1) is 17.7 Å². The molecular weight excluding hydrogens is 203 g/mol. The van der Waals surface area contributed by atoms with Crippen LogP contribution >= 0.6 is 11.6 Å². The lowest BCUT2D eigenvalue weighted by atomic mass is 10.2. The average molecular weight is 213 g/mol. The molecule has 14 heavy (non-hydrogen) atoms. The van der Waals surface area contributed by atoms with Crippen LogP contribution in [0.3, 0.4) is 0 Å². The normalized spacial score (nSPS) is 9.07. The molecule has 0 unspecified atom stereocenters. The second kappa shape index (κ2) is 5.51. The predicted molar refractivity (Wildman–Crippen MR) is 55.2 cm³/mol. The van der Waals surface area contributed by atoms with Crippen LogP contribution in [0.1, 0.15) is 12.0 Å². The molecule has 0 radical (unpaired) electrons. The van der Waals surface area contributed by atoms with E-state index in [9.17, 15) is 4.39 Å². The maximum absolute atomic E-state index is 13.0. The number of ether oxygens (including phenoxy) is 1. The Hall–Kier alpha value is -1.20. The maximum atomic E-state index is 13.0. The number of methoxy groups -OCH3 is 1. The lowest BCUT2D eigenvalue weighted by molar-refractivity contribution is 0.411. The van der Waals surface area contributed by atoms with Gasteiger partial charge in [0.15, 0.2) is 0 Å². The largest absolute Gasteiger partial charge is 0.497 e. The third-order valence-corrected chi connectivity index (χ3v) is 1.75. The van der Waals surface area contributed by atoms with Crippen molar-refractivity contribution in [3.05, 3.63) is 29.6 Å². The number of rotatable bonds is 2. The summed E-state index contributed by atoms with van der Waals surface area (Å²) in [4.78, 5) is 0. The molecule has 0 bridgehead atoms. The summed E-state index contributed by atoms with van der Waals surface area (Å²) in [6, 6.07) is 4.36. The van der Waals surface area contributed by atoms with Crippen molar-refractivity contribution in [3.63, 3.8) is 0 Å². The standard InChI is InChI=1S/C11H10ClFO/c1-14-11-7-9(4-2-3-5-12)6-10(13)8-11/h6-8H,3,5H2,1H3. The smallest absolute Gasteiger partial charge is 0.128 e. The van der Waals surface area contributed by atoms with Gasteiger partial charge in [-0.1, -0.05) is 11.8 Å². The van der Waals surface area contributed by atoms with Crippen LogP contribution in [-0.4, -0.2) is 13.0 Å². The first-order chi connectivity index (χ1) is 6.76. The molecule has 0 aromatic heterocycles. The third-order valence-electron chi connectivity index (χ3n) is 1.56. The Bertz CT molecular complexity index is 365. The van der Waals surface area contributed by atoms with Crippen LogP contribution in [0.15, 0.2) is 18.2 Å². The highest BCUT2D eigenvalue weighted by Crippen LogP contribution is 2.14. The zero-order valence-electron chi connectivity index (χ0n) is 7.81. The third kappa shape index (κ3) is 3.27. The minimum atomic E-state index is -0.348. The van der Waals surface area contributed by atoms with Gasteiger partial charge in [-0.2, -0.15) is 0 Å². The monoisotopic (exact) mass is 212 g/mol. The van der Waals surface area contributed by atoms with Gasteiger partial charge >= 0.3 is 0 Å². The molecular formula is C11H10ClFO. The Morgan fingerprint density at radius 2 is 2.21 bits per heavy atom. The molecule has 1 aromatic rings. The van der Waals surface area contributed by atoms with E-state index in [-0.39, 0.29) is 5.82 Å². The first-order valence-electron chi connectivity index (χ1n) is 4.15. The van der Waals surface area contributed by atoms with Crippen LogP contribution in [0.4, 0.5) is 4.39 Å². The van der Waals surface area contributed by atoms with Gasteiger partial charge in [-0.15, -0.1) is 11.6 Å². The second-order valence-electron chi connectivity index (χ2n) is 2.62. The summed E-state index contributed by atoms with van der Waals surface area (Å²) in [5, 5.41) is 0. The Balaban J connectivity index is 2.88. The van der Waals surface area contributed by atoms with E-state index >= 15 is 0 Å². The van der Waals surface area contributed by atoms with Crippen molar-refractivity contribution in [2.45, 2.75) is 6.42 Å². The van der Waals surface area contributed by atoms with E-state index in [1.165, 1.54) is 19.2 Å². The molecule has 0 aliphatic rings. The molecule has 0 spiro atoms. The van der Waals surface area contributed by atoms with Crippen molar-refractivity contribution in [2.75, 3.05) is 13.0 Å². The van der Waals surface area contributed by atoms with E-state index < -0.39 is 0 Å². The van der Waals surface area contributed by atoms with Crippen LogP contribution in [0.25, 0.3) is 0 Å². The summed E-state index contributed by atoms with van der Waals surface area (Å²) in [7, 11) is 1.49. The Morgan fingerprint density at radius 3 is 2.86 bits per heavy atom. The first kappa shape index (κ1) is 10.9. The van der Waals surface area contributed by atoms with Gasteiger partial charge in [0.2, 0.25) is 0 Å². The average Bonchev–Trinajstić information content (AvgIpc) is 2.17. The van der Waals surface area contributed by atoms with Crippen LogP contribution < -0.4 is 4.74 Å². The fourth-order valence-corrected chi connectivity index (χ4v) is 1.06. The summed E-state index contributed by atoms with van der Waals surface area (Å²) in [6.07, 6.45) is 0.598. The molecule has 0 saturated heterocycles. The highest BCUT2D eigenvalue weighted by atomic mass is 35.5. The van der Waals surface area contributed by atoms with Gasteiger partial charge in [0.25, 0.3) is 0 Å². The lowest BCUT2D eigenvalue weighted by Crippen LogP contribution is -1.86. The molecule has 0 aliphatic heterocycles. The summed E-state index contributed by atoms with van der Waals surface area (Å²) in [5.41, 5.74) is 0.604. The molecule has 0 N–H and O–H groups in total. The Morgan fingerprint density at radius 1 is 1.43 bits per heavy atom. The quantitative estimate of drug-likeness (QED) is 0.541.